The molecule has 6 heteroatoms. The summed E-state index contributed by atoms with van der Waals surface area (Å²) in [5.41, 5.74) is 1.71. The number of aliphatic imine (C=N–C) groups is 1. The number of rotatable bonds is 9. The van der Waals surface area contributed by atoms with Crippen LogP contribution in [0.25, 0.3) is 0 Å². The van der Waals surface area contributed by atoms with Crippen LogP contribution >= 0.6 is 15.9 Å². The number of aryl methyl sites for hydroxylation is 1. The van der Waals surface area contributed by atoms with Gasteiger partial charge >= 0.3 is 0 Å². The minimum Gasteiger partial charge on any atom is -0.471 e. The Balaban J connectivity index is 1.98. The standard InChI is InChI=1S/C17H26BrN3O2/c1-5-8-22-10-12(2)23-17-15(18)9-16(13(3)20-17)19-11-21(4)14-6-7-14/h9,11-12,14H,5-8,10H2,1-4H3/b19-11+. The molecule has 0 aromatic carbocycles. The van der Waals surface area contributed by atoms with Crippen molar-refractivity contribution in [2.24, 2.45) is 4.99 Å². The first kappa shape index (κ1) is 18.2. The molecule has 1 aliphatic carbocycles. The van der Waals surface area contributed by atoms with Crippen LogP contribution in [0, 0.1) is 6.92 Å². The van der Waals surface area contributed by atoms with Crippen molar-refractivity contribution in [3.63, 3.8) is 0 Å². The van der Waals surface area contributed by atoms with E-state index in [0.717, 1.165) is 28.9 Å². The Morgan fingerprint density at radius 1 is 1.52 bits per heavy atom. The van der Waals surface area contributed by atoms with Gasteiger partial charge < -0.3 is 14.4 Å². The van der Waals surface area contributed by atoms with E-state index in [1.165, 1.54) is 12.8 Å². The molecule has 1 fully saturated rings. The number of hydrogen-bond acceptors (Lipinski definition) is 4. The summed E-state index contributed by atoms with van der Waals surface area (Å²) in [6, 6.07) is 2.61. The normalized spacial score (nSPS) is 15.9. The summed E-state index contributed by atoms with van der Waals surface area (Å²) in [7, 11) is 2.06. The molecule has 1 saturated carbocycles. The number of pyridine rings is 1. The molecule has 5 nitrogen and oxygen atoms in total. The van der Waals surface area contributed by atoms with Crippen molar-refractivity contribution in [3.05, 3.63) is 16.2 Å². The lowest BCUT2D eigenvalue weighted by Gasteiger charge is -2.16. The topological polar surface area (TPSA) is 47.0 Å². The van der Waals surface area contributed by atoms with E-state index >= 15 is 0 Å². The summed E-state index contributed by atoms with van der Waals surface area (Å²) in [6.07, 6.45) is 5.37. The zero-order valence-electron chi connectivity index (χ0n) is 14.4. The summed E-state index contributed by atoms with van der Waals surface area (Å²) < 4.78 is 12.2. The molecule has 0 spiro atoms. The molecule has 2 rings (SSSR count). The van der Waals surface area contributed by atoms with Gasteiger partial charge in [-0.3, -0.25) is 0 Å². The fourth-order valence-electron chi connectivity index (χ4n) is 2.11. The van der Waals surface area contributed by atoms with Crippen LogP contribution in [0.2, 0.25) is 0 Å². The SMILES string of the molecule is CCCOCC(C)Oc1nc(C)c(/N=C/N(C)C2CC2)cc1Br. The molecule has 1 unspecified atom stereocenters. The Morgan fingerprint density at radius 3 is 2.91 bits per heavy atom. The molecular formula is C17H26BrN3O2. The van der Waals surface area contributed by atoms with Gasteiger partial charge in [0, 0.05) is 19.7 Å². The Hall–Kier alpha value is -1.14. The first-order valence-electron chi connectivity index (χ1n) is 8.19. The molecule has 1 aromatic heterocycles. The molecule has 1 aromatic rings. The third-order valence-corrected chi connectivity index (χ3v) is 4.19. The second kappa shape index (κ2) is 8.64. The third-order valence-electron chi connectivity index (χ3n) is 3.62. The summed E-state index contributed by atoms with van der Waals surface area (Å²) in [4.78, 5) is 11.2. The van der Waals surface area contributed by atoms with Gasteiger partial charge in [0.25, 0.3) is 0 Å². The monoisotopic (exact) mass is 383 g/mol. The van der Waals surface area contributed by atoms with E-state index in [0.29, 0.717) is 18.5 Å². The Labute approximate surface area is 147 Å². The molecule has 0 amide bonds. The predicted molar refractivity (Wildman–Crippen MR) is 96.8 cm³/mol. The van der Waals surface area contributed by atoms with E-state index in [-0.39, 0.29) is 6.10 Å². The van der Waals surface area contributed by atoms with Gasteiger partial charge in [0.05, 0.1) is 28.8 Å². The van der Waals surface area contributed by atoms with Crippen molar-refractivity contribution < 1.29 is 9.47 Å². The van der Waals surface area contributed by atoms with Crippen LogP contribution in [-0.2, 0) is 4.74 Å². The Bertz CT molecular complexity index is 547. The molecule has 128 valence electrons. The number of hydrogen-bond donors (Lipinski definition) is 0. The van der Waals surface area contributed by atoms with Crippen molar-refractivity contribution in [1.82, 2.24) is 9.88 Å². The molecule has 1 atom stereocenters. The summed E-state index contributed by atoms with van der Waals surface area (Å²) >= 11 is 3.52. The van der Waals surface area contributed by atoms with E-state index in [1.54, 1.807) is 0 Å². The second-order valence-corrected chi connectivity index (χ2v) is 6.88. The van der Waals surface area contributed by atoms with Crippen LogP contribution in [0.15, 0.2) is 15.5 Å². The van der Waals surface area contributed by atoms with Crippen LogP contribution in [-0.4, -0.2) is 48.6 Å². The van der Waals surface area contributed by atoms with Gasteiger partial charge in [0.15, 0.2) is 0 Å². The molecule has 0 bridgehead atoms. The zero-order chi connectivity index (χ0) is 16.8. The van der Waals surface area contributed by atoms with Gasteiger partial charge in [-0.15, -0.1) is 0 Å². The van der Waals surface area contributed by atoms with Crippen molar-refractivity contribution >= 4 is 28.0 Å². The van der Waals surface area contributed by atoms with Crippen LogP contribution in [0.3, 0.4) is 0 Å². The van der Waals surface area contributed by atoms with Crippen LogP contribution in [0.5, 0.6) is 5.88 Å². The highest BCUT2D eigenvalue weighted by molar-refractivity contribution is 9.10. The predicted octanol–water partition coefficient (Wildman–Crippen LogP) is 4.10. The number of aromatic nitrogens is 1. The fourth-order valence-corrected chi connectivity index (χ4v) is 2.51. The van der Waals surface area contributed by atoms with Crippen LogP contribution < -0.4 is 4.74 Å². The smallest absolute Gasteiger partial charge is 0.228 e. The molecule has 1 heterocycles. The average Bonchev–Trinajstić information content (AvgIpc) is 3.34. The van der Waals surface area contributed by atoms with E-state index in [9.17, 15) is 0 Å². The van der Waals surface area contributed by atoms with E-state index in [1.807, 2.05) is 26.3 Å². The second-order valence-electron chi connectivity index (χ2n) is 6.02. The van der Waals surface area contributed by atoms with Gasteiger partial charge in [-0.05, 0) is 55.1 Å². The number of nitrogens with zero attached hydrogens (tertiary/aromatic N) is 3. The van der Waals surface area contributed by atoms with Gasteiger partial charge in [-0.1, -0.05) is 6.92 Å². The Kier molecular flexibility index (Phi) is 6.84. The van der Waals surface area contributed by atoms with Crippen molar-refractivity contribution in [3.8, 4) is 5.88 Å². The minimum absolute atomic E-state index is 0.0416. The molecular weight excluding hydrogens is 358 g/mol. The van der Waals surface area contributed by atoms with Crippen molar-refractivity contribution in [1.29, 1.82) is 0 Å². The largest absolute Gasteiger partial charge is 0.471 e. The maximum Gasteiger partial charge on any atom is 0.228 e. The summed E-state index contributed by atoms with van der Waals surface area (Å²) in [6.45, 7) is 7.33. The highest BCUT2D eigenvalue weighted by Gasteiger charge is 2.24. The molecule has 1 aliphatic rings. The minimum atomic E-state index is -0.0416. The zero-order valence-corrected chi connectivity index (χ0v) is 16.0. The van der Waals surface area contributed by atoms with Crippen LogP contribution in [0.1, 0.15) is 38.8 Å². The first-order valence-corrected chi connectivity index (χ1v) is 8.98. The quantitative estimate of drug-likeness (QED) is 0.365. The van der Waals surface area contributed by atoms with Gasteiger partial charge in [-0.2, -0.15) is 0 Å². The van der Waals surface area contributed by atoms with E-state index in [2.05, 4.69) is 44.8 Å². The lowest BCUT2D eigenvalue weighted by molar-refractivity contribution is 0.0563. The molecule has 0 aliphatic heterocycles. The van der Waals surface area contributed by atoms with Gasteiger partial charge in [-0.25, -0.2) is 9.98 Å². The van der Waals surface area contributed by atoms with Crippen LogP contribution in [0.4, 0.5) is 5.69 Å². The molecule has 0 N–H and O–H groups in total. The highest BCUT2D eigenvalue weighted by atomic mass is 79.9. The van der Waals surface area contributed by atoms with Gasteiger partial charge in [0.1, 0.15) is 6.10 Å². The fraction of sp³-hybridized carbons (Fsp3) is 0.647. The molecule has 23 heavy (non-hydrogen) atoms. The van der Waals surface area contributed by atoms with E-state index in [4.69, 9.17) is 9.47 Å². The van der Waals surface area contributed by atoms with Crippen molar-refractivity contribution in [2.45, 2.75) is 52.2 Å². The highest BCUT2D eigenvalue weighted by Crippen LogP contribution is 2.31. The van der Waals surface area contributed by atoms with E-state index < -0.39 is 0 Å². The average molecular weight is 384 g/mol. The lowest BCUT2D eigenvalue weighted by atomic mass is 10.3. The molecule has 0 radical (unpaired) electrons. The first-order chi connectivity index (χ1) is 11.0. The maximum atomic E-state index is 5.86. The molecule has 0 saturated heterocycles. The van der Waals surface area contributed by atoms with Crippen molar-refractivity contribution in [2.75, 3.05) is 20.3 Å². The third kappa shape index (κ3) is 5.77. The Morgan fingerprint density at radius 2 is 2.26 bits per heavy atom. The number of ether oxygens (including phenoxy) is 2. The summed E-state index contributed by atoms with van der Waals surface area (Å²) in [5, 5.41) is 0. The van der Waals surface area contributed by atoms with Gasteiger partial charge in [0.2, 0.25) is 5.88 Å². The lowest BCUT2D eigenvalue weighted by Crippen LogP contribution is -2.20. The maximum absolute atomic E-state index is 5.86. The number of halogens is 1. The summed E-state index contributed by atoms with van der Waals surface area (Å²) in [5.74, 6) is 0.588.